The van der Waals surface area contributed by atoms with Crippen LogP contribution in [0.5, 0.6) is 0 Å². The monoisotopic (exact) mass is 277 g/mol. The van der Waals surface area contributed by atoms with Crippen molar-refractivity contribution in [3.05, 3.63) is 35.3 Å². The number of hydrogen-bond donors (Lipinski definition) is 1. The van der Waals surface area contributed by atoms with Gasteiger partial charge in [0.25, 0.3) is 5.78 Å². The molecule has 3 aromatic heterocycles. The summed E-state index contributed by atoms with van der Waals surface area (Å²) < 4.78 is 3.58. The van der Waals surface area contributed by atoms with Crippen molar-refractivity contribution < 1.29 is 0 Å². The zero-order valence-electron chi connectivity index (χ0n) is 10.5. The minimum atomic E-state index is 0.419. The summed E-state index contributed by atoms with van der Waals surface area (Å²) in [5.41, 5.74) is 0.828. The molecule has 0 radical (unpaired) electrons. The van der Waals surface area contributed by atoms with Gasteiger partial charge in [-0.2, -0.15) is 19.6 Å². The van der Waals surface area contributed by atoms with Crippen LogP contribution in [0.2, 0.25) is 5.15 Å². The van der Waals surface area contributed by atoms with Crippen LogP contribution in [0, 0.1) is 6.92 Å². The van der Waals surface area contributed by atoms with Gasteiger partial charge in [0.1, 0.15) is 23.1 Å². The number of nitrogens with zero attached hydrogens (tertiary/aromatic N) is 6. The molecule has 0 aliphatic heterocycles. The Morgan fingerprint density at radius 1 is 1.37 bits per heavy atom. The minimum Gasteiger partial charge on any atom is -0.362 e. The van der Waals surface area contributed by atoms with E-state index >= 15 is 0 Å². The number of fused-ring (bicyclic) bond motifs is 1. The summed E-state index contributed by atoms with van der Waals surface area (Å²) in [7, 11) is 1.95. The lowest BCUT2D eigenvalue weighted by Crippen LogP contribution is -2.11. The highest BCUT2D eigenvalue weighted by atomic mass is 35.5. The number of halogens is 1. The molecular formula is C11H12ClN7. The highest BCUT2D eigenvalue weighted by Gasteiger charge is 2.12. The van der Waals surface area contributed by atoms with Crippen molar-refractivity contribution in [1.82, 2.24) is 29.1 Å². The van der Waals surface area contributed by atoms with Crippen molar-refractivity contribution in [2.75, 3.05) is 5.32 Å². The molecule has 0 amide bonds. The molecule has 0 aliphatic rings. The third kappa shape index (κ3) is 2.01. The first-order valence-electron chi connectivity index (χ1n) is 5.72. The summed E-state index contributed by atoms with van der Waals surface area (Å²) >= 11 is 6.09. The number of aromatic nitrogens is 6. The summed E-state index contributed by atoms with van der Waals surface area (Å²) in [4.78, 5) is 12.4. The van der Waals surface area contributed by atoms with Gasteiger partial charge in [-0.1, -0.05) is 11.6 Å². The Morgan fingerprint density at radius 2 is 2.21 bits per heavy atom. The zero-order valence-corrected chi connectivity index (χ0v) is 11.3. The van der Waals surface area contributed by atoms with Gasteiger partial charge in [0.15, 0.2) is 0 Å². The van der Waals surface area contributed by atoms with Crippen molar-refractivity contribution in [1.29, 1.82) is 0 Å². The lowest BCUT2D eigenvalue weighted by atomic mass is 10.3. The van der Waals surface area contributed by atoms with E-state index in [-0.39, 0.29) is 0 Å². The highest BCUT2D eigenvalue weighted by molar-refractivity contribution is 6.30. The van der Waals surface area contributed by atoms with E-state index in [1.54, 1.807) is 10.7 Å². The second kappa shape index (κ2) is 4.51. The van der Waals surface area contributed by atoms with Crippen LogP contribution in [0.3, 0.4) is 0 Å². The van der Waals surface area contributed by atoms with Gasteiger partial charge in [-0.05, 0) is 6.92 Å². The molecule has 0 saturated heterocycles. The first kappa shape index (κ1) is 11.9. The summed E-state index contributed by atoms with van der Waals surface area (Å²) in [6.07, 6.45) is 5.10. The third-order valence-electron chi connectivity index (χ3n) is 2.94. The molecule has 0 unspecified atom stereocenters. The second-order valence-corrected chi connectivity index (χ2v) is 4.51. The van der Waals surface area contributed by atoms with Crippen molar-refractivity contribution in [3.8, 4) is 0 Å². The number of nitrogens with one attached hydrogen (secondary N) is 1. The van der Waals surface area contributed by atoms with Gasteiger partial charge in [-0.15, -0.1) is 0 Å². The number of rotatable bonds is 3. The van der Waals surface area contributed by atoms with Crippen LogP contribution >= 0.6 is 11.6 Å². The highest BCUT2D eigenvalue weighted by Crippen LogP contribution is 2.22. The quantitative estimate of drug-likeness (QED) is 0.733. The molecule has 8 heteroatoms. The van der Waals surface area contributed by atoms with Gasteiger partial charge >= 0.3 is 0 Å². The van der Waals surface area contributed by atoms with E-state index in [1.165, 1.54) is 6.33 Å². The van der Waals surface area contributed by atoms with Gasteiger partial charge in [0.2, 0.25) is 0 Å². The predicted octanol–water partition coefficient (Wildman–Crippen LogP) is 1.43. The molecule has 19 heavy (non-hydrogen) atoms. The van der Waals surface area contributed by atoms with Crippen LogP contribution in [-0.4, -0.2) is 29.1 Å². The second-order valence-electron chi connectivity index (χ2n) is 4.16. The molecule has 98 valence electrons. The van der Waals surface area contributed by atoms with Crippen LogP contribution < -0.4 is 5.32 Å². The Hall–Kier alpha value is -2.15. The Kier molecular flexibility index (Phi) is 2.83. The number of anilines is 1. The lowest BCUT2D eigenvalue weighted by molar-refractivity contribution is 0.803. The number of imidazole rings is 1. The maximum atomic E-state index is 6.09. The third-order valence-corrected chi connectivity index (χ3v) is 3.31. The summed E-state index contributed by atoms with van der Waals surface area (Å²) in [6.45, 7) is 2.46. The maximum absolute atomic E-state index is 6.09. The Morgan fingerprint density at radius 3 is 2.95 bits per heavy atom. The SMILES string of the molecule is Cc1c(Cl)nc2ncnn2c1NCc1nccn1C. The molecule has 0 atom stereocenters. The predicted molar refractivity (Wildman–Crippen MR) is 71.1 cm³/mol. The van der Waals surface area contributed by atoms with E-state index in [1.807, 2.05) is 24.7 Å². The van der Waals surface area contributed by atoms with Crippen LogP contribution in [-0.2, 0) is 13.6 Å². The van der Waals surface area contributed by atoms with Crippen LogP contribution in [0.4, 0.5) is 5.82 Å². The van der Waals surface area contributed by atoms with Gasteiger partial charge in [0, 0.05) is 25.0 Å². The van der Waals surface area contributed by atoms with Crippen molar-refractivity contribution >= 4 is 23.2 Å². The van der Waals surface area contributed by atoms with Crippen LogP contribution in [0.25, 0.3) is 5.78 Å². The molecule has 0 bridgehead atoms. The van der Waals surface area contributed by atoms with Crippen molar-refractivity contribution in [2.45, 2.75) is 13.5 Å². The number of hydrogen-bond acceptors (Lipinski definition) is 5. The van der Waals surface area contributed by atoms with Crippen molar-refractivity contribution in [2.24, 2.45) is 7.05 Å². The average molecular weight is 278 g/mol. The molecule has 0 spiro atoms. The van der Waals surface area contributed by atoms with E-state index < -0.39 is 0 Å². The Bertz CT molecular complexity index is 730. The van der Waals surface area contributed by atoms with E-state index in [0.29, 0.717) is 17.5 Å². The molecule has 0 aliphatic carbocycles. The lowest BCUT2D eigenvalue weighted by Gasteiger charge is -2.11. The average Bonchev–Trinajstić information content (AvgIpc) is 2.99. The summed E-state index contributed by atoms with van der Waals surface area (Å²) in [6, 6.07) is 0. The fraction of sp³-hybridized carbons (Fsp3) is 0.273. The fourth-order valence-electron chi connectivity index (χ4n) is 1.83. The van der Waals surface area contributed by atoms with Crippen molar-refractivity contribution in [3.63, 3.8) is 0 Å². The van der Waals surface area contributed by atoms with Gasteiger partial charge < -0.3 is 9.88 Å². The number of aryl methyl sites for hydroxylation is 1. The largest absolute Gasteiger partial charge is 0.362 e. The normalized spacial score (nSPS) is 11.1. The van der Waals surface area contributed by atoms with Gasteiger partial charge in [-0.3, -0.25) is 0 Å². The van der Waals surface area contributed by atoms with Crippen LogP contribution in [0.1, 0.15) is 11.4 Å². The maximum Gasteiger partial charge on any atom is 0.255 e. The molecule has 3 rings (SSSR count). The Balaban J connectivity index is 1.98. The molecular weight excluding hydrogens is 266 g/mol. The first-order chi connectivity index (χ1) is 9.16. The summed E-state index contributed by atoms with van der Waals surface area (Å²) in [5.74, 6) is 2.16. The minimum absolute atomic E-state index is 0.419. The molecule has 1 N–H and O–H groups in total. The Labute approximate surface area is 114 Å². The zero-order chi connectivity index (χ0) is 13.4. The van der Waals surface area contributed by atoms with E-state index in [2.05, 4.69) is 25.4 Å². The van der Waals surface area contributed by atoms with Gasteiger partial charge in [-0.25, -0.2) is 4.98 Å². The topological polar surface area (TPSA) is 72.9 Å². The molecule has 0 aromatic carbocycles. The molecule has 0 saturated carbocycles. The van der Waals surface area contributed by atoms with E-state index in [9.17, 15) is 0 Å². The first-order valence-corrected chi connectivity index (χ1v) is 6.10. The molecule has 0 fully saturated rings. The van der Waals surface area contributed by atoms with Gasteiger partial charge in [0.05, 0.1) is 6.54 Å². The van der Waals surface area contributed by atoms with E-state index in [4.69, 9.17) is 11.6 Å². The smallest absolute Gasteiger partial charge is 0.255 e. The molecule has 3 heterocycles. The van der Waals surface area contributed by atoms with Crippen LogP contribution in [0.15, 0.2) is 18.7 Å². The molecule has 7 nitrogen and oxygen atoms in total. The summed E-state index contributed by atoms with van der Waals surface area (Å²) in [5, 5.41) is 7.84. The van der Waals surface area contributed by atoms with E-state index in [0.717, 1.165) is 17.2 Å². The fourth-order valence-corrected chi connectivity index (χ4v) is 2.00. The standard InChI is InChI=1S/C11H12ClN7/c1-7-9(12)17-11-15-6-16-19(11)10(7)14-5-8-13-3-4-18(8)2/h3-4,6,14H,5H2,1-2H3. The molecule has 3 aromatic rings.